The molecule has 2 aromatic carbocycles. The SMILES string of the molecule is CC(C)[C@H](NC(=O)N1CC(=O)Nc2ccccc21)C(=O)NCCCc1ccccc1. The summed E-state index contributed by atoms with van der Waals surface area (Å²) in [7, 11) is 0. The Labute approximate surface area is 176 Å². The zero-order valence-corrected chi connectivity index (χ0v) is 17.4. The smallest absolute Gasteiger partial charge is 0.323 e. The van der Waals surface area contributed by atoms with Crippen molar-refractivity contribution < 1.29 is 14.4 Å². The lowest BCUT2D eigenvalue weighted by Gasteiger charge is -2.31. The van der Waals surface area contributed by atoms with Gasteiger partial charge in [-0.1, -0.05) is 56.3 Å². The predicted octanol–water partition coefficient (Wildman–Crippen LogP) is 2.93. The summed E-state index contributed by atoms with van der Waals surface area (Å²) in [6.07, 6.45) is 1.69. The summed E-state index contributed by atoms with van der Waals surface area (Å²) in [5.41, 5.74) is 2.42. The van der Waals surface area contributed by atoms with Crippen molar-refractivity contribution in [1.29, 1.82) is 0 Å². The Morgan fingerprint density at radius 3 is 2.50 bits per heavy atom. The molecule has 0 aromatic heterocycles. The lowest BCUT2D eigenvalue weighted by atomic mass is 10.0. The molecule has 3 N–H and O–H groups in total. The van der Waals surface area contributed by atoms with Gasteiger partial charge in [0.15, 0.2) is 0 Å². The summed E-state index contributed by atoms with van der Waals surface area (Å²) in [6, 6.07) is 16.0. The molecule has 1 aliphatic rings. The van der Waals surface area contributed by atoms with Crippen molar-refractivity contribution in [2.45, 2.75) is 32.7 Å². The highest BCUT2D eigenvalue weighted by molar-refractivity contribution is 6.10. The van der Waals surface area contributed by atoms with E-state index in [2.05, 4.69) is 28.1 Å². The van der Waals surface area contributed by atoms with Gasteiger partial charge in [-0.3, -0.25) is 14.5 Å². The number of nitrogens with one attached hydrogen (secondary N) is 3. The molecule has 0 unspecified atom stereocenters. The van der Waals surface area contributed by atoms with Gasteiger partial charge in [0, 0.05) is 6.54 Å². The first-order valence-corrected chi connectivity index (χ1v) is 10.2. The summed E-state index contributed by atoms with van der Waals surface area (Å²) >= 11 is 0. The summed E-state index contributed by atoms with van der Waals surface area (Å²) in [5.74, 6) is -0.589. The van der Waals surface area contributed by atoms with Gasteiger partial charge in [-0.05, 0) is 36.5 Å². The fraction of sp³-hybridized carbons (Fsp3) is 0.348. The van der Waals surface area contributed by atoms with Crippen LogP contribution in [0.1, 0.15) is 25.8 Å². The minimum Gasteiger partial charge on any atom is -0.354 e. The maximum atomic E-state index is 12.9. The molecule has 0 aliphatic carbocycles. The number of aryl methyl sites for hydroxylation is 1. The third-order valence-corrected chi connectivity index (χ3v) is 5.03. The van der Waals surface area contributed by atoms with E-state index in [0.717, 1.165) is 12.8 Å². The number of rotatable bonds is 7. The van der Waals surface area contributed by atoms with Crippen LogP contribution < -0.4 is 20.9 Å². The third-order valence-electron chi connectivity index (χ3n) is 5.03. The molecule has 7 heteroatoms. The number of fused-ring (bicyclic) bond motifs is 1. The van der Waals surface area contributed by atoms with E-state index in [9.17, 15) is 14.4 Å². The molecule has 7 nitrogen and oxygen atoms in total. The van der Waals surface area contributed by atoms with Gasteiger partial charge in [-0.15, -0.1) is 0 Å². The highest BCUT2D eigenvalue weighted by Crippen LogP contribution is 2.28. The molecule has 0 saturated carbocycles. The number of anilines is 2. The van der Waals surface area contributed by atoms with E-state index in [1.54, 1.807) is 24.3 Å². The van der Waals surface area contributed by atoms with Crippen LogP contribution in [-0.2, 0) is 16.0 Å². The predicted molar refractivity (Wildman–Crippen MR) is 117 cm³/mol. The molecule has 30 heavy (non-hydrogen) atoms. The second-order valence-electron chi connectivity index (χ2n) is 7.70. The molecule has 0 spiro atoms. The molecule has 0 saturated heterocycles. The zero-order valence-electron chi connectivity index (χ0n) is 17.4. The van der Waals surface area contributed by atoms with Crippen LogP contribution in [0.5, 0.6) is 0 Å². The summed E-state index contributed by atoms with van der Waals surface area (Å²) < 4.78 is 0. The van der Waals surface area contributed by atoms with Gasteiger partial charge in [0.25, 0.3) is 0 Å². The summed E-state index contributed by atoms with van der Waals surface area (Å²) in [5, 5.41) is 8.47. The van der Waals surface area contributed by atoms with Crippen molar-refractivity contribution in [2.75, 3.05) is 23.3 Å². The van der Waals surface area contributed by atoms with E-state index in [1.165, 1.54) is 10.5 Å². The molecule has 0 fully saturated rings. The quantitative estimate of drug-likeness (QED) is 0.615. The molecule has 1 atom stereocenters. The Morgan fingerprint density at radius 2 is 1.77 bits per heavy atom. The number of amides is 4. The molecular formula is C23H28N4O3. The fourth-order valence-electron chi connectivity index (χ4n) is 3.42. The van der Waals surface area contributed by atoms with E-state index in [1.807, 2.05) is 32.0 Å². The van der Waals surface area contributed by atoms with Crippen molar-refractivity contribution in [3.05, 3.63) is 60.2 Å². The number of carbonyl (C=O) groups excluding carboxylic acids is 3. The number of benzene rings is 2. The van der Waals surface area contributed by atoms with Crippen molar-refractivity contribution in [2.24, 2.45) is 5.92 Å². The molecule has 4 amide bonds. The minimum absolute atomic E-state index is 0.0909. The average Bonchev–Trinajstić information content (AvgIpc) is 2.74. The highest BCUT2D eigenvalue weighted by Gasteiger charge is 2.31. The molecule has 1 aliphatic heterocycles. The first-order chi connectivity index (χ1) is 14.5. The van der Waals surface area contributed by atoms with Crippen LogP contribution in [-0.4, -0.2) is 37.0 Å². The molecule has 0 bridgehead atoms. The lowest BCUT2D eigenvalue weighted by molar-refractivity contribution is -0.123. The van der Waals surface area contributed by atoms with Gasteiger partial charge >= 0.3 is 6.03 Å². The van der Waals surface area contributed by atoms with Crippen LogP contribution in [0.3, 0.4) is 0 Å². The maximum absolute atomic E-state index is 12.9. The average molecular weight is 409 g/mol. The number of carbonyl (C=O) groups is 3. The van der Waals surface area contributed by atoms with E-state index in [0.29, 0.717) is 17.9 Å². The van der Waals surface area contributed by atoms with Crippen molar-refractivity contribution >= 4 is 29.2 Å². The van der Waals surface area contributed by atoms with E-state index in [-0.39, 0.29) is 24.3 Å². The van der Waals surface area contributed by atoms with Crippen LogP contribution in [0.25, 0.3) is 0 Å². The molecule has 0 radical (unpaired) electrons. The summed E-state index contributed by atoms with van der Waals surface area (Å²) in [4.78, 5) is 38.9. The molecule has 2 aromatic rings. The maximum Gasteiger partial charge on any atom is 0.323 e. The Hall–Kier alpha value is -3.35. The van der Waals surface area contributed by atoms with Gasteiger partial charge in [0.2, 0.25) is 11.8 Å². The number of hydrogen-bond donors (Lipinski definition) is 3. The Morgan fingerprint density at radius 1 is 1.07 bits per heavy atom. The standard InChI is InChI=1S/C23H28N4O3/c1-16(2)21(22(29)24-14-8-11-17-9-4-3-5-10-17)26-23(30)27-15-20(28)25-18-12-6-7-13-19(18)27/h3-7,9-10,12-13,16,21H,8,11,14-15H2,1-2H3,(H,24,29)(H,25,28)(H,26,30)/t21-/m0/s1. The normalized spacial score (nSPS) is 14.0. The second-order valence-corrected chi connectivity index (χ2v) is 7.70. The lowest BCUT2D eigenvalue weighted by Crippen LogP contribution is -2.55. The Kier molecular flexibility index (Phi) is 7.06. The number of urea groups is 1. The Bertz CT molecular complexity index is 898. The molecule has 1 heterocycles. The topological polar surface area (TPSA) is 90.5 Å². The fourth-order valence-corrected chi connectivity index (χ4v) is 3.42. The highest BCUT2D eigenvalue weighted by atomic mass is 16.2. The summed E-state index contributed by atoms with van der Waals surface area (Å²) in [6.45, 7) is 4.20. The van der Waals surface area contributed by atoms with Crippen LogP contribution in [0.4, 0.5) is 16.2 Å². The van der Waals surface area contributed by atoms with Gasteiger partial charge in [-0.2, -0.15) is 0 Å². The Balaban J connectivity index is 1.57. The van der Waals surface area contributed by atoms with Crippen molar-refractivity contribution in [3.8, 4) is 0 Å². The van der Waals surface area contributed by atoms with Gasteiger partial charge < -0.3 is 16.0 Å². The zero-order chi connectivity index (χ0) is 21.5. The van der Waals surface area contributed by atoms with E-state index < -0.39 is 12.1 Å². The van der Waals surface area contributed by atoms with Crippen molar-refractivity contribution in [1.82, 2.24) is 10.6 Å². The monoisotopic (exact) mass is 408 g/mol. The van der Waals surface area contributed by atoms with Crippen LogP contribution in [0.15, 0.2) is 54.6 Å². The van der Waals surface area contributed by atoms with Crippen molar-refractivity contribution in [3.63, 3.8) is 0 Å². The molecule has 158 valence electrons. The first-order valence-electron chi connectivity index (χ1n) is 10.2. The van der Waals surface area contributed by atoms with E-state index >= 15 is 0 Å². The largest absolute Gasteiger partial charge is 0.354 e. The third kappa shape index (κ3) is 5.37. The molecule has 3 rings (SSSR count). The number of nitrogens with zero attached hydrogens (tertiary/aromatic N) is 1. The second kappa shape index (κ2) is 9.91. The minimum atomic E-state index is -0.689. The number of hydrogen-bond acceptors (Lipinski definition) is 3. The first kappa shape index (κ1) is 21.4. The number of para-hydroxylation sites is 2. The van der Waals surface area contributed by atoms with Gasteiger partial charge in [-0.25, -0.2) is 4.79 Å². The van der Waals surface area contributed by atoms with E-state index in [4.69, 9.17) is 0 Å². The van der Waals surface area contributed by atoms with Crippen LogP contribution in [0, 0.1) is 5.92 Å². The van der Waals surface area contributed by atoms with Crippen LogP contribution >= 0.6 is 0 Å². The van der Waals surface area contributed by atoms with Crippen LogP contribution in [0.2, 0.25) is 0 Å². The van der Waals surface area contributed by atoms with Gasteiger partial charge in [0.1, 0.15) is 12.6 Å². The van der Waals surface area contributed by atoms with Gasteiger partial charge in [0.05, 0.1) is 11.4 Å². The molecular weight excluding hydrogens is 380 g/mol.